The highest BCUT2D eigenvalue weighted by molar-refractivity contribution is 5.50. The number of benzene rings is 3. The molecule has 0 amide bonds. The van der Waals surface area contributed by atoms with E-state index in [-0.39, 0.29) is 13.0 Å². The Balaban J connectivity index is 1.46. The zero-order chi connectivity index (χ0) is 32.5. The molecule has 3 aromatic carbocycles. The summed E-state index contributed by atoms with van der Waals surface area (Å²) in [5.41, 5.74) is 0.783. The third-order valence-electron chi connectivity index (χ3n) is 8.42. The van der Waals surface area contributed by atoms with Gasteiger partial charge in [0.2, 0.25) is 0 Å². The van der Waals surface area contributed by atoms with Crippen LogP contribution in [0.2, 0.25) is 0 Å². The van der Waals surface area contributed by atoms with E-state index in [0.717, 1.165) is 42.4 Å². The number of hydrogen-bond donors (Lipinski definition) is 2. The predicted molar refractivity (Wildman–Crippen MR) is 177 cm³/mol. The van der Waals surface area contributed by atoms with Crippen LogP contribution in [0.25, 0.3) is 6.08 Å². The molecule has 1 fully saturated rings. The van der Waals surface area contributed by atoms with Crippen LogP contribution >= 0.6 is 0 Å². The average Bonchev–Trinajstić information content (AvgIpc) is 3.46. The number of aliphatic hydroxyl groups is 1. The van der Waals surface area contributed by atoms with Crippen LogP contribution in [0.3, 0.4) is 0 Å². The van der Waals surface area contributed by atoms with E-state index in [1.165, 1.54) is 10.8 Å². The van der Waals surface area contributed by atoms with Crippen LogP contribution in [0, 0.1) is 0 Å². The molecule has 1 aliphatic rings. The first kappa shape index (κ1) is 32.9. The number of nitrogens with zero attached hydrogens (tertiary/aromatic N) is 1. The van der Waals surface area contributed by atoms with Gasteiger partial charge in [0.05, 0.1) is 32.5 Å². The minimum absolute atomic E-state index is 0.00686. The Kier molecular flexibility index (Phi) is 10.9. The van der Waals surface area contributed by atoms with Gasteiger partial charge in [0.25, 0.3) is 5.56 Å². The van der Waals surface area contributed by atoms with Crippen molar-refractivity contribution in [3.63, 3.8) is 0 Å². The summed E-state index contributed by atoms with van der Waals surface area (Å²) in [4.78, 5) is 27.8. The van der Waals surface area contributed by atoms with Crippen LogP contribution in [-0.4, -0.2) is 47.7 Å². The molecule has 9 heteroatoms. The first-order chi connectivity index (χ1) is 22.4. The fraction of sp³-hybridized carbons (Fsp3) is 0.351. The lowest BCUT2D eigenvalue weighted by Crippen LogP contribution is -2.38. The maximum Gasteiger partial charge on any atom is 0.330 e. The Labute approximate surface area is 269 Å². The van der Waals surface area contributed by atoms with Gasteiger partial charge in [0, 0.05) is 12.6 Å². The predicted octanol–water partition coefficient (Wildman–Crippen LogP) is 5.80. The first-order valence-corrected chi connectivity index (χ1v) is 15.7. The van der Waals surface area contributed by atoms with Gasteiger partial charge in [-0.05, 0) is 53.8 Å². The van der Waals surface area contributed by atoms with Gasteiger partial charge in [-0.25, -0.2) is 4.79 Å². The zero-order valence-corrected chi connectivity index (χ0v) is 26.6. The number of allylic oxidation sites excluding steroid dienone is 1. The van der Waals surface area contributed by atoms with Crippen molar-refractivity contribution in [3.05, 3.63) is 134 Å². The second-order valence-corrected chi connectivity index (χ2v) is 11.4. The molecule has 9 nitrogen and oxygen atoms in total. The van der Waals surface area contributed by atoms with E-state index in [1.807, 2.05) is 84.9 Å². The van der Waals surface area contributed by atoms with E-state index in [9.17, 15) is 14.7 Å². The van der Waals surface area contributed by atoms with E-state index in [0.29, 0.717) is 17.1 Å². The summed E-state index contributed by atoms with van der Waals surface area (Å²) < 4.78 is 25.4. The Morgan fingerprint density at radius 2 is 1.52 bits per heavy atom. The lowest BCUT2D eigenvalue weighted by atomic mass is 9.80. The molecule has 0 spiro atoms. The van der Waals surface area contributed by atoms with Gasteiger partial charge >= 0.3 is 5.69 Å². The Morgan fingerprint density at radius 1 is 0.913 bits per heavy atom. The van der Waals surface area contributed by atoms with E-state index >= 15 is 0 Å². The molecule has 0 bridgehead atoms. The number of aliphatic hydroxyl groups excluding tert-OH is 1. The molecule has 0 aliphatic carbocycles. The minimum Gasteiger partial charge on any atom is -0.497 e. The third kappa shape index (κ3) is 7.17. The van der Waals surface area contributed by atoms with Gasteiger partial charge in [-0.3, -0.25) is 14.3 Å². The number of aromatic amines is 1. The Morgan fingerprint density at radius 3 is 2.11 bits per heavy atom. The van der Waals surface area contributed by atoms with Gasteiger partial charge in [-0.15, -0.1) is 0 Å². The van der Waals surface area contributed by atoms with Gasteiger partial charge in [-0.2, -0.15) is 0 Å². The van der Waals surface area contributed by atoms with Gasteiger partial charge in [-0.1, -0.05) is 86.5 Å². The van der Waals surface area contributed by atoms with Crippen LogP contribution in [0.5, 0.6) is 11.5 Å². The molecule has 1 aliphatic heterocycles. The molecule has 4 aromatic rings. The molecule has 3 atom stereocenters. The van der Waals surface area contributed by atoms with Crippen LogP contribution in [0.1, 0.15) is 67.5 Å². The maximum absolute atomic E-state index is 12.9. The second-order valence-electron chi connectivity index (χ2n) is 11.4. The van der Waals surface area contributed by atoms with Gasteiger partial charge in [0.15, 0.2) is 0 Å². The number of ether oxygens (including phenoxy) is 4. The Hall–Kier alpha value is -4.44. The Bertz CT molecular complexity index is 1650. The van der Waals surface area contributed by atoms with Crippen molar-refractivity contribution < 1.29 is 24.1 Å². The fourth-order valence-corrected chi connectivity index (χ4v) is 5.87. The molecule has 0 saturated carbocycles. The van der Waals surface area contributed by atoms with E-state index in [2.05, 4.69) is 11.9 Å². The number of H-pyrrole nitrogens is 1. The average molecular weight is 627 g/mol. The summed E-state index contributed by atoms with van der Waals surface area (Å²) in [6.07, 6.45) is 6.97. The standard InChI is InChI=1S/C37H42N2O7/c1-4-5-6-7-9-12-26-24-39(36(42)38-35(26)41)34-23-32(40)33(46-34)25-45-37(27-13-10-8-11-14-27,28-15-19-30(43-2)20-16-28)29-17-21-31(44-3)22-18-29/h8-22,24,32-34,40H,4-7,23,25H2,1-3H3,(H,38,41,42)/t32?,33-,34-/m0/s1. The smallest absolute Gasteiger partial charge is 0.330 e. The van der Waals surface area contributed by atoms with Crippen LogP contribution in [0.4, 0.5) is 0 Å². The van der Waals surface area contributed by atoms with Crippen LogP contribution in [-0.2, 0) is 15.1 Å². The number of unbranched alkanes of at least 4 members (excludes halogenated alkanes) is 3. The number of hydrogen-bond acceptors (Lipinski definition) is 7. The zero-order valence-electron chi connectivity index (χ0n) is 26.6. The number of rotatable bonds is 14. The van der Waals surface area contributed by atoms with Crippen LogP contribution < -0.4 is 20.7 Å². The van der Waals surface area contributed by atoms with Crippen molar-refractivity contribution in [2.24, 2.45) is 0 Å². The SMILES string of the molecule is CCCCCC=Cc1cn([C@@H]2CC(O)[C@H](COC(c3ccccc3)(c3ccc(OC)cc3)c3ccc(OC)cc3)O2)c(=O)[nH]c1=O. The first-order valence-electron chi connectivity index (χ1n) is 15.7. The monoisotopic (exact) mass is 626 g/mol. The molecule has 2 heterocycles. The fourth-order valence-electron chi connectivity index (χ4n) is 5.87. The molecule has 1 saturated heterocycles. The molecular weight excluding hydrogens is 584 g/mol. The van der Waals surface area contributed by atoms with Crippen molar-refractivity contribution >= 4 is 6.08 Å². The topological polar surface area (TPSA) is 112 Å². The van der Waals surface area contributed by atoms with Crippen molar-refractivity contribution in [2.45, 2.75) is 63.1 Å². The van der Waals surface area contributed by atoms with E-state index < -0.39 is 35.3 Å². The number of aromatic nitrogens is 2. The highest BCUT2D eigenvalue weighted by atomic mass is 16.6. The number of nitrogens with one attached hydrogen (secondary N) is 1. The summed E-state index contributed by atoms with van der Waals surface area (Å²) in [5, 5.41) is 11.2. The van der Waals surface area contributed by atoms with Crippen LogP contribution in [0.15, 0.2) is 101 Å². The van der Waals surface area contributed by atoms with Crippen molar-refractivity contribution in [2.75, 3.05) is 20.8 Å². The minimum atomic E-state index is -1.09. The molecule has 46 heavy (non-hydrogen) atoms. The highest BCUT2D eigenvalue weighted by Gasteiger charge is 2.42. The van der Waals surface area contributed by atoms with Gasteiger partial charge < -0.3 is 24.1 Å². The molecular formula is C37H42N2O7. The molecule has 0 radical (unpaired) electrons. The third-order valence-corrected chi connectivity index (χ3v) is 8.42. The molecule has 1 aromatic heterocycles. The maximum atomic E-state index is 12.9. The molecule has 2 N–H and O–H groups in total. The van der Waals surface area contributed by atoms with Gasteiger partial charge in [0.1, 0.15) is 29.4 Å². The molecule has 1 unspecified atom stereocenters. The van der Waals surface area contributed by atoms with Crippen molar-refractivity contribution in [3.8, 4) is 11.5 Å². The molecule has 242 valence electrons. The van der Waals surface area contributed by atoms with E-state index in [4.69, 9.17) is 18.9 Å². The summed E-state index contributed by atoms with van der Waals surface area (Å²) in [6, 6.07) is 25.2. The van der Waals surface area contributed by atoms with E-state index in [1.54, 1.807) is 20.3 Å². The summed E-state index contributed by atoms with van der Waals surface area (Å²) in [5.74, 6) is 1.42. The summed E-state index contributed by atoms with van der Waals surface area (Å²) in [6.45, 7) is 2.14. The summed E-state index contributed by atoms with van der Waals surface area (Å²) in [7, 11) is 3.24. The quantitative estimate of drug-likeness (QED) is 0.134. The number of methoxy groups -OCH3 is 2. The normalized spacial score (nSPS) is 18.2. The largest absolute Gasteiger partial charge is 0.497 e. The van der Waals surface area contributed by atoms with Crippen molar-refractivity contribution in [1.29, 1.82) is 0 Å². The second kappa shape index (κ2) is 15.2. The lowest BCUT2D eigenvalue weighted by Gasteiger charge is -2.37. The molecule has 5 rings (SSSR count). The lowest BCUT2D eigenvalue weighted by molar-refractivity contribution is -0.0944. The van der Waals surface area contributed by atoms with Crippen molar-refractivity contribution in [1.82, 2.24) is 9.55 Å². The summed E-state index contributed by atoms with van der Waals surface area (Å²) >= 11 is 0. The highest BCUT2D eigenvalue weighted by Crippen LogP contribution is 2.42.